The second kappa shape index (κ2) is 3.78. The SMILES string of the molecule is CCCc1ccc(C#N)cc1. The van der Waals surface area contributed by atoms with Gasteiger partial charge in [0.1, 0.15) is 0 Å². The maximum Gasteiger partial charge on any atom is 0.0991 e. The van der Waals surface area contributed by atoms with Gasteiger partial charge in [-0.1, -0.05) is 25.5 Å². The van der Waals surface area contributed by atoms with E-state index in [4.69, 9.17) is 5.26 Å². The first-order valence-electron chi connectivity index (χ1n) is 3.86. The smallest absolute Gasteiger partial charge is 0.0991 e. The van der Waals surface area contributed by atoms with Gasteiger partial charge in [0.2, 0.25) is 0 Å². The maximum absolute atomic E-state index is 8.51. The minimum absolute atomic E-state index is 0.741. The number of nitriles is 1. The van der Waals surface area contributed by atoms with Gasteiger partial charge in [-0.2, -0.15) is 5.26 Å². The summed E-state index contributed by atoms with van der Waals surface area (Å²) >= 11 is 0. The number of hydrogen-bond donors (Lipinski definition) is 0. The zero-order valence-corrected chi connectivity index (χ0v) is 6.67. The highest BCUT2D eigenvalue weighted by Crippen LogP contribution is 2.04. The zero-order valence-electron chi connectivity index (χ0n) is 6.67. The Labute approximate surface area is 67.3 Å². The van der Waals surface area contributed by atoms with Crippen molar-refractivity contribution in [2.75, 3.05) is 0 Å². The Hall–Kier alpha value is -1.29. The fourth-order valence-electron chi connectivity index (χ4n) is 1.03. The number of hydrogen-bond acceptors (Lipinski definition) is 1. The van der Waals surface area contributed by atoms with Crippen molar-refractivity contribution in [3.8, 4) is 6.07 Å². The van der Waals surface area contributed by atoms with Gasteiger partial charge >= 0.3 is 0 Å². The number of rotatable bonds is 2. The molecule has 1 aromatic rings. The summed E-state index contributed by atoms with van der Waals surface area (Å²) in [4.78, 5) is 0. The van der Waals surface area contributed by atoms with Crippen LogP contribution in [-0.4, -0.2) is 0 Å². The van der Waals surface area contributed by atoms with Crippen LogP contribution in [0, 0.1) is 11.3 Å². The first kappa shape index (κ1) is 7.81. The summed E-state index contributed by atoms with van der Waals surface area (Å²) in [6.07, 6.45) is 2.26. The van der Waals surface area contributed by atoms with Gasteiger partial charge in [-0.15, -0.1) is 0 Å². The van der Waals surface area contributed by atoms with Gasteiger partial charge in [-0.05, 0) is 24.1 Å². The van der Waals surface area contributed by atoms with E-state index in [2.05, 4.69) is 13.0 Å². The second-order valence-electron chi connectivity index (χ2n) is 2.56. The molecule has 0 N–H and O–H groups in total. The lowest BCUT2D eigenvalue weighted by atomic mass is 10.1. The summed E-state index contributed by atoms with van der Waals surface area (Å²) < 4.78 is 0. The van der Waals surface area contributed by atoms with Crippen molar-refractivity contribution in [3.63, 3.8) is 0 Å². The summed E-state index contributed by atoms with van der Waals surface area (Å²) in [5.41, 5.74) is 2.05. The van der Waals surface area contributed by atoms with Crippen LogP contribution in [0.3, 0.4) is 0 Å². The third kappa shape index (κ3) is 2.09. The highest BCUT2D eigenvalue weighted by molar-refractivity contribution is 5.31. The Bertz CT molecular complexity index is 253. The molecular weight excluding hydrogens is 134 g/mol. The normalized spacial score (nSPS) is 9.09. The van der Waals surface area contributed by atoms with Crippen molar-refractivity contribution in [2.45, 2.75) is 19.8 Å². The predicted octanol–water partition coefficient (Wildman–Crippen LogP) is 2.51. The second-order valence-corrected chi connectivity index (χ2v) is 2.56. The first-order chi connectivity index (χ1) is 5.36. The van der Waals surface area contributed by atoms with Crippen molar-refractivity contribution in [3.05, 3.63) is 35.4 Å². The van der Waals surface area contributed by atoms with Crippen molar-refractivity contribution < 1.29 is 0 Å². The largest absolute Gasteiger partial charge is 0.192 e. The van der Waals surface area contributed by atoms with Gasteiger partial charge in [0, 0.05) is 0 Å². The van der Waals surface area contributed by atoms with Crippen LogP contribution >= 0.6 is 0 Å². The Morgan fingerprint density at radius 3 is 2.36 bits per heavy atom. The number of aryl methyl sites for hydroxylation is 1. The minimum atomic E-state index is 0.741. The predicted molar refractivity (Wildman–Crippen MR) is 45.2 cm³/mol. The molecular formula is C10H11N. The molecule has 0 atom stereocenters. The molecule has 0 unspecified atom stereocenters. The van der Waals surface area contributed by atoms with Crippen molar-refractivity contribution >= 4 is 0 Å². The Morgan fingerprint density at radius 2 is 1.91 bits per heavy atom. The Morgan fingerprint density at radius 1 is 1.27 bits per heavy atom. The molecule has 1 heteroatoms. The monoisotopic (exact) mass is 145 g/mol. The molecule has 0 saturated carbocycles. The lowest BCUT2D eigenvalue weighted by Crippen LogP contribution is -1.82. The molecule has 1 rings (SSSR count). The molecule has 0 heterocycles. The molecule has 0 aliphatic heterocycles. The van der Waals surface area contributed by atoms with E-state index in [-0.39, 0.29) is 0 Å². The maximum atomic E-state index is 8.51. The molecule has 0 bridgehead atoms. The Kier molecular flexibility index (Phi) is 2.68. The summed E-state index contributed by atoms with van der Waals surface area (Å²) in [5.74, 6) is 0. The van der Waals surface area contributed by atoms with Gasteiger partial charge in [0.05, 0.1) is 11.6 Å². The molecule has 1 nitrogen and oxygen atoms in total. The van der Waals surface area contributed by atoms with E-state index in [0.717, 1.165) is 18.4 Å². The van der Waals surface area contributed by atoms with Crippen LogP contribution < -0.4 is 0 Å². The van der Waals surface area contributed by atoms with Crippen LogP contribution in [0.15, 0.2) is 24.3 Å². The average Bonchev–Trinajstić information content (AvgIpc) is 2.07. The summed E-state index contributed by atoms with van der Waals surface area (Å²) in [7, 11) is 0. The van der Waals surface area contributed by atoms with Crippen LogP contribution in [0.4, 0.5) is 0 Å². The third-order valence-electron chi connectivity index (χ3n) is 1.62. The van der Waals surface area contributed by atoms with Gasteiger partial charge in [-0.3, -0.25) is 0 Å². The minimum Gasteiger partial charge on any atom is -0.192 e. The van der Waals surface area contributed by atoms with E-state index >= 15 is 0 Å². The molecule has 0 amide bonds. The van der Waals surface area contributed by atoms with E-state index in [9.17, 15) is 0 Å². The van der Waals surface area contributed by atoms with Gasteiger partial charge in [0.15, 0.2) is 0 Å². The van der Waals surface area contributed by atoms with Crippen LogP contribution in [0.25, 0.3) is 0 Å². The van der Waals surface area contributed by atoms with E-state index in [0.29, 0.717) is 0 Å². The summed E-state index contributed by atoms with van der Waals surface area (Å²) in [5, 5.41) is 8.51. The quantitative estimate of drug-likeness (QED) is 0.627. The molecule has 0 saturated heterocycles. The van der Waals surface area contributed by atoms with Gasteiger partial charge < -0.3 is 0 Å². The van der Waals surface area contributed by atoms with Crippen LogP contribution in [0.5, 0.6) is 0 Å². The van der Waals surface area contributed by atoms with E-state index in [1.165, 1.54) is 5.56 Å². The van der Waals surface area contributed by atoms with Gasteiger partial charge in [-0.25, -0.2) is 0 Å². The van der Waals surface area contributed by atoms with E-state index < -0.39 is 0 Å². The fraction of sp³-hybridized carbons (Fsp3) is 0.300. The Balaban J connectivity index is 2.76. The molecule has 0 radical (unpaired) electrons. The molecule has 0 fully saturated rings. The summed E-state index contributed by atoms with van der Waals surface area (Å²) in [6, 6.07) is 9.86. The van der Waals surface area contributed by atoms with Crippen molar-refractivity contribution in [1.29, 1.82) is 5.26 Å². The van der Waals surface area contributed by atoms with E-state index in [1.807, 2.05) is 24.3 Å². The van der Waals surface area contributed by atoms with Crippen LogP contribution in [0.2, 0.25) is 0 Å². The highest BCUT2D eigenvalue weighted by atomic mass is 14.2. The fourth-order valence-corrected chi connectivity index (χ4v) is 1.03. The van der Waals surface area contributed by atoms with Crippen molar-refractivity contribution in [2.24, 2.45) is 0 Å². The number of benzene rings is 1. The molecule has 56 valence electrons. The first-order valence-corrected chi connectivity index (χ1v) is 3.86. The van der Waals surface area contributed by atoms with Crippen LogP contribution in [-0.2, 0) is 6.42 Å². The molecule has 0 spiro atoms. The molecule has 0 aromatic heterocycles. The van der Waals surface area contributed by atoms with E-state index in [1.54, 1.807) is 0 Å². The average molecular weight is 145 g/mol. The highest BCUT2D eigenvalue weighted by Gasteiger charge is 1.90. The van der Waals surface area contributed by atoms with Gasteiger partial charge in [0.25, 0.3) is 0 Å². The van der Waals surface area contributed by atoms with Crippen LogP contribution in [0.1, 0.15) is 24.5 Å². The third-order valence-corrected chi connectivity index (χ3v) is 1.62. The number of nitrogens with zero attached hydrogens (tertiary/aromatic N) is 1. The summed E-state index contributed by atoms with van der Waals surface area (Å²) in [6.45, 7) is 2.15. The standard InChI is InChI=1S/C10H11N/c1-2-3-9-4-6-10(8-11)7-5-9/h4-7H,2-3H2,1H3. The molecule has 1 aromatic carbocycles. The lowest BCUT2D eigenvalue weighted by Gasteiger charge is -1.96. The molecule has 0 aliphatic rings. The molecule has 11 heavy (non-hydrogen) atoms. The lowest BCUT2D eigenvalue weighted by molar-refractivity contribution is 0.922. The zero-order chi connectivity index (χ0) is 8.10. The van der Waals surface area contributed by atoms with Crippen molar-refractivity contribution in [1.82, 2.24) is 0 Å². The topological polar surface area (TPSA) is 23.8 Å². The molecule has 0 aliphatic carbocycles.